The summed E-state index contributed by atoms with van der Waals surface area (Å²) in [5.74, 6) is 0. The first-order valence-corrected chi connectivity index (χ1v) is 3.57. The van der Waals surface area contributed by atoms with Gasteiger partial charge in [-0.3, -0.25) is 0 Å². The van der Waals surface area contributed by atoms with Crippen LogP contribution in [-0.2, 0) is 7.79 Å². The summed E-state index contributed by atoms with van der Waals surface area (Å²) in [5, 5.41) is 0. The molecule has 0 fully saturated rings. The molecule has 1 heterocycles. The van der Waals surface area contributed by atoms with Gasteiger partial charge in [-0.25, -0.2) is 0 Å². The Morgan fingerprint density at radius 2 is 2.67 bits per heavy atom. The van der Waals surface area contributed by atoms with Crippen molar-refractivity contribution in [1.29, 1.82) is 0 Å². The molecule has 0 spiro atoms. The summed E-state index contributed by atoms with van der Waals surface area (Å²) in [4.78, 5) is 0. The van der Waals surface area contributed by atoms with Gasteiger partial charge in [0.2, 0.25) is 0 Å². The van der Waals surface area contributed by atoms with E-state index in [1.807, 2.05) is 10.2 Å². The molecule has 0 N–H and O–H groups in total. The molecule has 0 aromatic carbocycles. The molecule has 3 heteroatoms. The number of rotatable bonds is 0. The summed E-state index contributed by atoms with van der Waals surface area (Å²) in [6.07, 6.45) is 3.36. The predicted octanol–water partition coefficient (Wildman–Crippen LogP) is -2.82. The first-order valence-electron chi connectivity index (χ1n) is 1.44. The van der Waals surface area contributed by atoms with Crippen molar-refractivity contribution < 1.29 is 29.4 Å². The van der Waals surface area contributed by atoms with Crippen LogP contribution in [0.4, 0.5) is 0 Å². The van der Waals surface area contributed by atoms with Crippen LogP contribution in [0.1, 0.15) is 0 Å². The summed E-state index contributed by atoms with van der Waals surface area (Å²) in [6.45, 7) is 0. The molecule has 0 radical (unpaired) electrons. The van der Waals surface area contributed by atoms with Gasteiger partial charge in [-0.15, -0.1) is 0 Å². The summed E-state index contributed by atoms with van der Waals surface area (Å²) in [7, 11) is 0. The van der Waals surface area contributed by atoms with Crippen LogP contribution >= 0.6 is 0 Å². The van der Waals surface area contributed by atoms with Crippen molar-refractivity contribution in [2.45, 2.75) is 0 Å². The molecule has 0 aliphatic carbocycles. The van der Waals surface area contributed by atoms with Gasteiger partial charge in [-0.1, -0.05) is 0 Å². The van der Waals surface area contributed by atoms with E-state index in [4.69, 9.17) is 0 Å². The fraction of sp³-hybridized carbons (Fsp3) is 0. The van der Waals surface area contributed by atoms with Crippen molar-refractivity contribution in [3.8, 4) is 0 Å². The van der Waals surface area contributed by atoms with E-state index in [9.17, 15) is 0 Å². The normalized spacial score (nSPS) is 18.7. The van der Waals surface area contributed by atoms with Gasteiger partial charge in [0.15, 0.2) is 0 Å². The molecule has 0 saturated carbocycles. The van der Waals surface area contributed by atoms with Crippen molar-refractivity contribution in [3.63, 3.8) is 0 Å². The average Bonchev–Trinajstić information content (AvgIpc) is 1.72. The zero-order valence-corrected chi connectivity index (χ0v) is 5.08. The predicted molar refractivity (Wildman–Crippen MR) is 16.3 cm³/mol. The third-order valence-electron chi connectivity index (χ3n) is 0.331. The molecule has 2 nitrogen and oxygen atoms in total. The number of hydrogen-bond donors (Lipinski definition) is 0. The van der Waals surface area contributed by atoms with E-state index in [1.165, 1.54) is 6.29 Å². The first-order chi connectivity index (χ1) is 3.00. The molecule has 1 aliphatic heterocycles. The number of allylic oxidation sites excluding steroid dienone is 1. The van der Waals surface area contributed by atoms with Gasteiger partial charge in [0, 0.05) is 0 Å². The molecular weight excluding hydrogens is 195 g/mol. The summed E-state index contributed by atoms with van der Waals surface area (Å²) >= 11 is -0.219. The topological polar surface area (TPSA) is 20.5 Å². The van der Waals surface area contributed by atoms with E-state index >= 15 is 0 Å². The van der Waals surface area contributed by atoms with Gasteiger partial charge in [0.1, 0.15) is 0 Å². The molecule has 0 bridgehead atoms. The number of carbonyl (C=O) groups excluding carboxylic acids is 1. The van der Waals surface area contributed by atoms with E-state index in [1.54, 1.807) is 0 Å². The Hall–Kier alpha value is -0.0600. The number of aldehydes is 1. The van der Waals surface area contributed by atoms with Crippen LogP contribution < -0.4 is 21.6 Å². The van der Waals surface area contributed by atoms with Crippen LogP contribution in [0.3, 0.4) is 0 Å². The van der Waals surface area contributed by atoms with E-state index in [2.05, 4.69) is 7.79 Å². The monoisotopic (exact) mass is 198 g/mol. The molecule has 0 atom stereocenters. The third kappa shape index (κ3) is 0.965. The van der Waals surface area contributed by atoms with Crippen molar-refractivity contribution >= 4 is 6.29 Å². The fourth-order valence-corrected chi connectivity index (χ4v) is 0.853. The maximum atomic E-state index is 4.54. The molecule has 0 aromatic rings. The fourth-order valence-electron chi connectivity index (χ4n) is 0.154. The van der Waals surface area contributed by atoms with Gasteiger partial charge in [0.05, 0.1) is 0 Å². The number of hydrogen-bond acceptors (Lipinski definition) is 1. The minimum absolute atomic E-state index is 0.219. The second-order valence-electron chi connectivity index (χ2n) is 0.703. The third-order valence-corrected chi connectivity index (χ3v) is 1.46. The van der Waals surface area contributed by atoms with E-state index in [0.717, 1.165) is 0 Å². The quantitative estimate of drug-likeness (QED) is 0.178. The van der Waals surface area contributed by atoms with Crippen LogP contribution in [0, 0.1) is 0 Å². The van der Waals surface area contributed by atoms with Crippen LogP contribution in [0.2, 0.25) is 0 Å². The van der Waals surface area contributed by atoms with Crippen LogP contribution in [0.15, 0.2) is 10.2 Å². The van der Waals surface area contributed by atoms with E-state index < -0.39 is 0 Å². The average molecular weight is 198 g/mol. The Morgan fingerprint density at radius 3 is 2.83 bits per heavy atom. The summed E-state index contributed by atoms with van der Waals surface area (Å²) < 4.78 is 10.9. The molecule has 1 aliphatic rings. The van der Waals surface area contributed by atoms with Crippen LogP contribution in [0.5, 0.6) is 0 Å². The molecule has 1 rings (SSSR count). The van der Waals surface area contributed by atoms with Gasteiger partial charge in [-0.2, -0.15) is 0 Å². The SMILES string of the molecule is C1=C[I-]O[O+]=C1. The molecule has 0 saturated heterocycles. The maximum absolute atomic E-state index is 4.54. The zero-order valence-electron chi connectivity index (χ0n) is 2.93. The second kappa shape index (κ2) is 2.17. The second-order valence-corrected chi connectivity index (χ2v) is 2.29. The van der Waals surface area contributed by atoms with Gasteiger partial charge in [0.25, 0.3) is 0 Å². The molecule has 34 valence electrons. The Bertz CT molecular complexity index is 74.8. The Morgan fingerprint density at radius 1 is 1.67 bits per heavy atom. The molecule has 0 unspecified atom stereocenters. The van der Waals surface area contributed by atoms with E-state index in [-0.39, 0.29) is 21.6 Å². The van der Waals surface area contributed by atoms with E-state index in [0.29, 0.717) is 0 Å². The molecule has 0 amide bonds. The van der Waals surface area contributed by atoms with Crippen molar-refractivity contribution in [2.75, 3.05) is 0 Å². The Labute approximate surface area is 46.2 Å². The minimum atomic E-state index is -0.219. The van der Waals surface area contributed by atoms with Gasteiger partial charge in [-0.05, 0) is 0 Å². The van der Waals surface area contributed by atoms with Crippen molar-refractivity contribution in [2.24, 2.45) is 0 Å². The van der Waals surface area contributed by atoms with Gasteiger partial charge >= 0.3 is 45.9 Å². The summed E-state index contributed by atoms with van der Waals surface area (Å²) in [5.41, 5.74) is 0. The molecule has 6 heavy (non-hydrogen) atoms. The number of halogens is 1. The van der Waals surface area contributed by atoms with Crippen LogP contribution in [0.25, 0.3) is 0 Å². The molecule has 0 aromatic heterocycles. The van der Waals surface area contributed by atoms with Crippen LogP contribution in [-0.4, -0.2) is 6.29 Å². The standard InChI is InChI=1S/C3H3IO2/c1-2-4-6-5-3-1/h1-3H. The molecular formula is C3H3IO2. The summed E-state index contributed by atoms with van der Waals surface area (Å²) in [6, 6.07) is 0. The Balaban J connectivity index is 2.46. The first kappa shape index (κ1) is 4.11. The van der Waals surface area contributed by atoms with Crippen molar-refractivity contribution in [1.82, 2.24) is 0 Å². The van der Waals surface area contributed by atoms with Crippen molar-refractivity contribution in [3.05, 3.63) is 10.2 Å². The van der Waals surface area contributed by atoms with Gasteiger partial charge < -0.3 is 0 Å². The Kier molecular flexibility index (Phi) is 1.49. The zero-order chi connectivity index (χ0) is 4.24.